The maximum atomic E-state index is 5.78. The minimum absolute atomic E-state index is 0.101. The van der Waals surface area contributed by atoms with Crippen LogP contribution in [0.4, 0.5) is 0 Å². The van der Waals surface area contributed by atoms with E-state index in [-0.39, 0.29) is 10.8 Å². The van der Waals surface area contributed by atoms with Gasteiger partial charge in [-0.05, 0) is 179 Å². The molecule has 8 aliphatic carbocycles. The first kappa shape index (κ1) is 39.6. The fourth-order valence-corrected chi connectivity index (χ4v) is 17.6. The molecule has 0 amide bonds. The van der Waals surface area contributed by atoms with Gasteiger partial charge in [0.2, 0.25) is 0 Å². The van der Waals surface area contributed by atoms with E-state index in [4.69, 9.17) is 15.0 Å². The highest BCUT2D eigenvalue weighted by atomic mass is 15.1. The van der Waals surface area contributed by atoms with Gasteiger partial charge in [-0.3, -0.25) is 0 Å². The van der Waals surface area contributed by atoms with Gasteiger partial charge < -0.3 is 13.7 Å². The van der Waals surface area contributed by atoms with E-state index in [9.17, 15) is 0 Å². The lowest BCUT2D eigenvalue weighted by atomic mass is 9.49. The number of para-hydroxylation sites is 5. The smallest absolute Gasteiger partial charge is 0.163 e. The molecule has 0 spiro atoms. The summed E-state index contributed by atoms with van der Waals surface area (Å²) in [7, 11) is 0. The number of aromatic nitrogens is 6. The van der Waals surface area contributed by atoms with Crippen molar-refractivity contribution in [3.63, 3.8) is 0 Å². The van der Waals surface area contributed by atoms with E-state index in [0.29, 0.717) is 0 Å². The van der Waals surface area contributed by atoms with E-state index in [0.717, 1.165) is 75.6 Å². The Morgan fingerprint density at radius 2 is 0.634 bits per heavy atom. The van der Waals surface area contributed by atoms with Crippen molar-refractivity contribution in [2.45, 2.75) is 87.9 Å². The van der Waals surface area contributed by atoms with Gasteiger partial charge in [-0.2, -0.15) is 0 Å². The lowest BCUT2D eigenvalue weighted by Gasteiger charge is -2.57. The van der Waals surface area contributed by atoms with Crippen molar-refractivity contribution in [3.05, 3.63) is 169 Å². The fourth-order valence-electron chi connectivity index (χ4n) is 17.6. The molecule has 8 saturated carbocycles. The maximum absolute atomic E-state index is 5.78. The predicted molar refractivity (Wildman–Crippen MR) is 288 cm³/mol. The van der Waals surface area contributed by atoms with Gasteiger partial charge in [-0.15, -0.1) is 0 Å². The van der Waals surface area contributed by atoms with Crippen molar-refractivity contribution in [1.82, 2.24) is 28.7 Å². The van der Waals surface area contributed by atoms with E-state index in [2.05, 4.69) is 171 Å². The second kappa shape index (κ2) is 14.3. The number of benzene rings is 7. The molecule has 11 aromatic rings. The van der Waals surface area contributed by atoms with E-state index in [1.807, 2.05) is 0 Å². The van der Waals surface area contributed by atoms with Crippen LogP contribution in [0, 0.1) is 35.5 Å². The Hall–Kier alpha value is -7.05. The quantitative estimate of drug-likeness (QED) is 0.167. The summed E-state index contributed by atoms with van der Waals surface area (Å²) in [6, 6.07) is 58.6. The van der Waals surface area contributed by atoms with Gasteiger partial charge in [0.05, 0.1) is 33.1 Å². The van der Waals surface area contributed by atoms with Crippen LogP contribution in [0.3, 0.4) is 0 Å². The molecular formula is C65H56N6. The van der Waals surface area contributed by atoms with E-state index in [1.165, 1.54) is 142 Å². The summed E-state index contributed by atoms with van der Waals surface area (Å²) >= 11 is 0. The zero-order valence-electron chi connectivity index (χ0n) is 40.1. The molecular weight excluding hydrogens is 865 g/mol. The second-order valence-electron chi connectivity index (χ2n) is 23.6. The largest absolute Gasteiger partial charge is 0.308 e. The first-order chi connectivity index (χ1) is 35.0. The lowest BCUT2D eigenvalue weighted by Crippen LogP contribution is -2.51. The molecule has 71 heavy (non-hydrogen) atoms. The third kappa shape index (κ3) is 5.51. The summed E-state index contributed by atoms with van der Waals surface area (Å²) in [5, 5.41) is 7.53. The summed E-state index contributed by atoms with van der Waals surface area (Å²) in [6.07, 6.45) is 16.1. The lowest BCUT2D eigenvalue weighted by molar-refractivity contribution is -0.0155. The van der Waals surface area contributed by atoms with Gasteiger partial charge in [0, 0.05) is 65.8 Å². The predicted octanol–water partition coefficient (Wildman–Crippen LogP) is 15.8. The summed E-state index contributed by atoms with van der Waals surface area (Å²) in [4.78, 5) is 17.1. The van der Waals surface area contributed by atoms with Crippen LogP contribution >= 0.6 is 0 Å². The molecule has 6 heteroatoms. The Balaban J connectivity index is 0.935. The maximum Gasteiger partial charge on any atom is 0.163 e. The molecule has 0 atom stereocenters. The molecule has 0 radical (unpaired) electrons. The number of hydrogen-bond acceptors (Lipinski definition) is 3. The topological polar surface area (TPSA) is 53.5 Å². The SMILES string of the molecule is c1ccc(-n2c3ccccc3c3c2c2c4ccccc4n(-c4ccc(-c5nc(C67CC8CC(CC(C8)C6)C7)nc(C67CC8CC(CC(C8)C6)C7)n5)cc4)c2c2c4ccccc4n(-c4ccccc4)c32)cc1. The van der Waals surface area contributed by atoms with Crippen LogP contribution in [0.5, 0.6) is 0 Å². The van der Waals surface area contributed by atoms with Crippen LogP contribution in [0.15, 0.2) is 158 Å². The van der Waals surface area contributed by atoms with Crippen LogP contribution in [0.1, 0.15) is 88.7 Å². The van der Waals surface area contributed by atoms with Crippen LogP contribution in [-0.4, -0.2) is 28.7 Å². The van der Waals surface area contributed by atoms with Crippen molar-refractivity contribution >= 4 is 65.4 Å². The van der Waals surface area contributed by atoms with Gasteiger partial charge in [0.15, 0.2) is 5.82 Å². The molecule has 19 rings (SSSR count). The van der Waals surface area contributed by atoms with Crippen molar-refractivity contribution in [1.29, 1.82) is 0 Å². The van der Waals surface area contributed by atoms with Crippen LogP contribution in [-0.2, 0) is 10.8 Å². The van der Waals surface area contributed by atoms with Crippen molar-refractivity contribution < 1.29 is 0 Å². The van der Waals surface area contributed by atoms with E-state index in [1.54, 1.807) is 0 Å². The van der Waals surface area contributed by atoms with Crippen LogP contribution in [0.25, 0.3) is 93.9 Å². The highest BCUT2D eigenvalue weighted by Gasteiger charge is 2.56. The molecule has 8 fully saturated rings. The van der Waals surface area contributed by atoms with Gasteiger partial charge >= 0.3 is 0 Å². The molecule has 0 unspecified atom stereocenters. The van der Waals surface area contributed by atoms with Crippen molar-refractivity contribution in [3.8, 4) is 28.5 Å². The summed E-state index contributed by atoms with van der Waals surface area (Å²) in [5.74, 6) is 8.18. The molecule has 6 nitrogen and oxygen atoms in total. The second-order valence-corrected chi connectivity index (χ2v) is 23.6. The summed E-state index contributed by atoms with van der Waals surface area (Å²) < 4.78 is 7.63. The summed E-state index contributed by atoms with van der Waals surface area (Å²) in [6.45, 7) is 0. The van der Waals surface area contributed by atoms with E-state index < -0.39 is 0 Å². The Labute approximate surface area is 413 Å². The fraction of sp³-hybridized carbons (Fsp3) is 0.308. The third-order valence-electron chi connectivity index (χ3n) is 19.4. The number of fused-ring (bicyclic) bond motifs is 12. The first-order valence-corrected chi connectivity index (χ1v) is 26.9. The average molecular weight is 921 g/mol. The Morgan fingerprint density at radius 3 is 0.986 bits per heavy atom. The standard InChI is InChI=1S/C65H56N6/c1-3-13-46(14-4-1)69-52-20-10-7-17-49(52)55-58-56(50-18-8-11-21-53(50)70(58)47-15-5-2-6-16-47)60-57(59(55)69)51-19-9-12-22-54(51)71(60)48-25-23-45(24-26-48)61-66-62(64-33-39-27-40(34-64)29-41(28-39)35-64)68-63(67-61)65-36-42-30-43(37-65)32-44(31-42)38-65/h1-26,39-44H,27-38H2. The van der Waals surface area contributed by atoms with Gasteiger partial charge in [0.1, 0.15) is 11.6 Å². The molecule has 0 saturated heterocycles. The highest BCUT2D eigenvalue weighted by molar-refractivity contribution is 6.40. The average Bonchev–Trinajstić information content (AvgIpc) is 4.05. The number of rotatable bonds is 6. The molecule has 346 valence electrons. The number of hydrogen-bond donors (Lipinski definition) is 0. The van der Waals surface area contributed by atoms with Gasteiger partial charge in [0.25, 0.3) is 0 Å². The monoisotopic (exact) mass is 920 g/mol. The molecule has 8 aliphatic rings. The minimum Gasteiger partial charge on any atom is -0.308 e. The molecule has 4 aromatic heterocycles. The zero-order chi connectivity index (χ0) is 46.2. The normalized spacial score (nSPS) is 27.4. The van der Waals surface area contributed by atoms with Gasteiger partial charge in [-0.25, -0.2) is 15.0 Å². The van der Waals surface area contributed by atoms with Crippen molar-refractivity contribution in [2.75, 3.05) is 0 Å². The number of nitrogens with zero attached hydrogens (tertiary/aromatic N) is 6. The highest BCUT2D eigenvalue weighted by Crippen LogP contribution is 2.63. The van der Waals surface area contributed by atoms with Crippen molar-refractivity contribution in [2.24, 2.45) is 35.5 Å². The van der Waals surface area contributed by atoms with Crippen LogP contribution < -0.4 is 0 Å². The molecule has 0 N–H and O–H groups in total. The van der Waals surface area contributed by atoms with Crippen LogP contribution in [0.2, 0.25) is 0 Å². The Kier molecular flexibility index (Phi) is 7.99. The Bertz CT molecular complexity index is 3800. The molecule has 0 aliphatic heterocycles. The molecule has 8 bridgehead atoms. The Morgan fingerprint density at radius 1 is 0.324 bits per heavy atom. The summed E-state index contributed by atoms with van der Waals surface area (Å²) in [5.41, 5.74) is 12.0. The van der Waals surface area contributed by atoms with Gasteiger partial charge in [-0.1, -0.05) is 91.0 Å². The first-order valence-electron chi connectivity index (χ1n) is 26.9. The molecule has 4 heterocycles. The zero-order valence-corrected chi connectivity index (χ0v) is 40.1. The third-order valence-corrected chi connectivity index (χ3v) is 19.4. The molecule has 7 aromatic carbocycles. The minimum atomic E-state index is 0.101. The van der Waals surface area contributed by atoms with E-state index >= 15 is 0 Å².